The first-order chi connectivity index (χ1) is 9.85. The molecule has 0 spiro atoms. The minimum Gasteiger partial charge on any atom is -0.390 e. The molecule has 0 radical (unpaired) electrons. The van der Waals surface area contributed by atoms with Crippen molar-refractivity contribution in [2.45, 2.75) is 32.3 Å². The van der Waals surface area contributed by atoms with Crippen LogP contribution in [0.3, 0.4) is 0 Å². The number of hydrogen-bond acceptors (Lipinski definition) is 4. The van der Waals surface area contributed by atoms with Crippen molar-refractivity contribution in [3.05, 3.63) is 23.9 Å². The zero-order valence-corrected chi connectivity index (χ0v) is 12.2. The Labute approximate surface area is 121 Å². The molecule has 3 heterocycles. The van der Waals surface area contributed by atoms with Crippen LogP contribution in [0.25, 0.3) is 0 Å². The van der Waals surface area contributed by atoms with Crippen LogP contribution < -0.4 is 4.90 Å². The summed E-state index contributed by atoms with van der Waals surface area (Å²) in [4.78, 5) is 9.50. The van der Waals surface area contributed by atoms with Gasteiger partial charge in [-0.1, -0.05) is 6.07 Å². The van der Waals surface area contributed by atoms with Crippen LogP contribution in [0.15, 0.2) is 18.2 Å². The summed E-state index contributed by atoms with van der Waals surface area (Å²) in [5.41, 5.74) is 0.765. The van der Waals surface area contributed by atoms with E-state index < -0.39 is 0 Å². The quantitative estimate of drug-likeness (QED) is 0.911. The van der Waals surface area contributed by atoms with Gasteiger partial charge in [-0.25, -0.2) is 4.98 Å². The van der Waals surface area contributed by atoms with Gasteiger partial charge in [0.2, 0.25) is 0 Å². The summed E-state index contributed by atoms with van der Waals surface area (Å²) in [6, 6.07) is 5.92. The molecule has 0 aromatic carbocycles. The molecule has 0 unspecified atom stereocenters. The van der Waals surface area contributed by atoms with Crippen molar-refractivity contribution in [1.82, 2.24) is 9.88 Å². The van der Waals surface area contributed by atoms with Crippen LogP contribution in [-0.4, -0.2) is 47.7 Å². The zero-order valence-electron chi connectivity index (χ0n) is 12.2. The van der Waals surface area contributed by atoms with Crippen molar-refractivity contribution in [1.29, 1.82) is 0 Å². The molecule has 0 amide bonds. The second-order valence-corrected chi connectivity index (χ2v) is 6.08. The van der Waals surface area contributed by atoms with Crippen molar-refractivity contribution >= 4 is 5.82 Å². The summed E-state index contributed by atoms with van der Waals surface area (Å²) in [7, 11) is 0. The van der Waals surface area contributed by atoms with Crippen molar-refractivity contribution < 1.29 is 5.11 Å². The van der Waals surface area contributed by atoms with E-state index in [4.69, 9.17) is 0 Å². The Morgan fingerprint density at radius 2 is 1.85 bits per heavy atom. The van der Waals surface area contributed by atoms with E-state index in [0.717, 1.165) is 30.5 Å². The van der Waals surface area contributed by atoms with Crippen molar-refractivity contribution in [3.8, 4) is 0 Å². The molecule has 20 heavy (non-hydrogen) atoms. The van der Waals surface area contributed by atoms with Crippen LogP contribution in [0.5, 0.6) is 0 Å². The van der Waals surface area contributed by atoms with Crippen molar-refractivity contribution in [2.75, 3.05) is 37.6 Å². The lowest BCUT2D eigenvalue weighted by molar-refractivity contribution is 0.249. The van der Waals surface area contributed by atoms with Gasteiger partial charge in [0.1, 0.15) is 5.82 Å². The maximum Gasteiger partial charge on any atom is 0.128 e. The molecule has 2 fully saturated rings. The molecule has 110 valence electrons. The Balaban J connectivity index is 1.52. The Bertz CT molecular complexity index is 423. The number of aromatic nitrogens is 1. The molecule has 1 aromatic heterocycles. The van der Waals surface area contributed by atoms with Gasteiger partial charge >= 0.3 is 0 Å². The number of piperidine rings is 1. The van der Waals surface area contributed by atoms with Crippen LogP contribution in [0.4, 0.5) is 5.82 Å². The minimum absolute atomic E-state index is 0.0270. The third kappa shape index (κ3) is 3.30. The van der Waals surface area contributed by atoms with Gasteiger partial charge in [0.15, 0.2) is 0 Å². The molecular weight excluding hydrogens is 250 g/mol. The number of rotatable bonds is 4. The first kappa shape index (κ1) is 13.8. The second kappa shape index (κ2) is 6.55. The number of aliphatic hydroxyl groups excluding tert-OH is 1. The van der Waals surface area contributed by atoms with E-state index in [2.05, 4.69) is 20.9 Å². The molecule has 4 nitrogen and oxygen atoms in total. The lowest BCUT2D eigenvalue weighted by Gasteiger charge is -2.34. The summed E-state index contributed by atoms with van der Waals surface area (Å²) >= 11 is 0. The Hall–Kier alpha value is -1.13. The molecule has 2 saturated heterocycles. The van der Waals surface area contributed by atoms with Gasteiger partial charge in [-0.3, -0.25) is 0 Å². The van der Waals surface area contributed by atoms with Crippen LogP contribution in [0.2, 0.25) is 0 Å². The highest BCUT2D eigenvalue weighted by Crippen LogP contribution is 2.24. The summed E-state index contributed by atoms with van der Waals surface area (Å²) in [5, 5.41) is 9.18. The van der Waals surface area contributed by atoms with E-state index in [1.807, 2.05) is 12.1 Å². The maximum atomic E-state index is 9.18. The second-order valence-electron chi connectivity index (χ2n) is 6.08. The predicted octanol–water partition coefficient (Wildman–Crippen LogP) is 1.89. The standard InChI is InChI=1S/C16H25N3O/c20-13-15-4-3-5-16(17-15)19-10-6-14(7-11-19)12-18-8-1-2-9-18/h3-5,14,20H,1-2,6-13H2. The van der Waals surface area contributed by atoms with E-state index >= 15 is 0 Å². The Morgan fingerprint density at radius 3 is 2.55 bits per heavy atom. The molecule has 4 heteroatoms. The van der Waals surface area contributed by atoms with Gasteiger partial charge in [0, 0.05) is 19.6 Å². The van der Waals surface area contributed by atoms with Crippen LogP contribution in [0.1, 0.15) is 31.4 Å². The van der Waals surface area contributed by atoms with Crippen molar-refractivity contribution in [3.63, 3.8) is 0 Å². The van der Waals surface area contributed by atoms with Gasteiger partial charge in [0.25, 0.3) is 0 Å². The lowest BCUT2D eigenvalue weighted by atomic mass is 9.96. The fourth-order valence-electron chi connectivity index (χ4n) is 3.41. The molecular formula is C16H25N3O. The third-order valence-electron chi connectivity index (χ3n) is 4.61. The highest BCUT2D eigenvalue weighted by molar-refractivity contribution is 5.39. The molecule has 0 saturated carbocycles. The number of hydrogen-bond donors (Lipinski definition) is 1. The highest BCUT2D eigenvalue weighted by atomic mass is 16.3. The normalized spacial score (nSPS) is 21.6. The average Bonchev–Trinajstić information content (AvgIpc) is 3.01. The summed E-state index contributed by atoms with van der Waals surface area (Å²) in [5.74, 6) is 1.88. The minimum atomic E-state index is 0.0270. The van der Waals surface area contributed by atoms with E-state index in [1.54, 1.807) is 0 Å². The number of aliphatic hydroxyl groups is 1. The first-order valence-electron chi connectivity index (χ1n) is 7.89. The van der Waals surface area contributed by atoms with Crippen LogP contribution in [-0.2, 0) is 6.61 Å². The largest absolute Gasteiger partial charge is 0.390 e. The zero-order chi connectivity index (χ0) is 13.8. The van der Waals surface area contributed by atoms with E-state index in [0.29, 0.717) is 0 Å². The highest BCUT2D eigenvalue weighted by Gasteiger charge is 2.23. The third-order valence-corrected chi connectivity index (χ3v) is 4.61. The average molecular weight is 275 g/mol. The monoisotopic (exact) mass is 275 g/mol. The number of anilines is 1. The summed E-state index contributed by atoms with van der Waals surface area (Å²) in [6.07, 6.45) is 5.30. The number of nitrogens with zero attached hydrogens (tertiary/aromatic N) is 3. The molecule has 0 aliphatic carbocycles. The molecule has 3 rings (SSSR count). The molecule has 0 atom stereocenters. The van der Waals surface area contributed by atoms with E-state index in [1.165, 1.54) is 45.3 Å². The Morgan fingerprint density at radius 1 is 1.10 bits per heavy atom. The maximum absolute atomic E-state index is 9.18. The van der Waals surface area contributed by atoms with Gasteiger partial charge in [-0.2, -0.15) is 0 Å². The Kier molecular flexibility index (Phi) is 4.53. The van der Waals surface area contributed by atoms with Crippen LogP contribution in [0, 0.1) is 5.92 Å². The SMILES string of the molecule is OCc1cccc(N2CCC(CN3CCCC3)CC2)n1. The summed E-state index contributed by atoms with van der Waals surface area (Å²) < 4.78 is 0. The molecule has 1 N–H and O–H groups in total. The van der Waals surface area contributed by atoms with Crippen LogP contribution >= 0.6 is 0 Å². The first-order valence-corrected chi connectivity index (χ1v) is 7.89. The molecule has 2 aliphatic rings. The number of likely N-dealkylation sites (tertiary alicyclic amines) is 1. The fourth-order valence-corrected chi connectivity index (χ4v) is 3.41. The predicted molar refractivity (Wildman–Crippen MR) is 80.8 cm³/mol. The van der Waals surface area contributed by atoms with Gasteiger partial charge in [-0.15, -0.1) is 0 Å². The smallest absolute Gasteiger partial charge is 0.128 e. The topological polar surface area (TPSA) is 39.6 Å². The number of pyridine rings is 1. The fraction of sp³-hybridized carbons (Fsp3) is 0.688. The van der Waals surface area contributed by atoms with Gasteiger partial charge in [-0.05, 0) is 56.8 Å². The van der Waals surface area contributed by atoms with Gasteiger partial charge in [0.05, 0.1) is 12.3 Å². The van der Waals surface area contributed by atoms with Gasteiger partial charge < -0.3 is 14.9 Å². The molecule has 1 aromatic rings. The molecule has 0 bridgehead atoms. The lowest BCUT2D eigenvalue weighted by Crippen LogP contribution is -2.38. The van der Waals surface area contributed by atoms with Crippen molar-refractivity contribution in [2.24, 2.45) is 5.92 Å². The van der Waals surface area contributed by atoms with E-state index in [-0.39, 0.29) is 6.61 Å². The summed E-state index contributed by atoms with van der Waals surface area (Å²) in [6.45, 7) is 6.12. The van der Waals surface area contributed by atoms with E-state index in [9.17, 15) is 5.11 Å². The molecule has 2 aliphatic heterocycles.